The van der Waals surface area contributed by atoms with E-state index >= 15 is 0 Å². The fourth-order valence-corrected chi connectivity index (χ4v) is 2.36. The number of benzene rings is 1. The number of nitriles is 1. The van der Waals surface area contributed by atoms with Gasteiger partial charge in [-0.2, -0.15) is 5.26 Å². The van der Waals surface area contributed by atoms with Crippen molar-refractivity contribution in [3.63, 3.8) is 0 Å². The molecule has 0 bridgehead atoms. The third-order valence-corrected chi connectivity index (χ3v) is 3.85. The molecule has 0 amide bonds. The second-order valence-electron chi connectivity index (χ2n) is 3.45. The molecule has 0 spiro atoms. The number of halogens is 1. The third-order valence-electron chi connectivity index (χ3n) is 2.31. The van der Waals surface area contributed by atoms with Crippen LogP contribution in [-0.4, -0.2) is 14.8 Å². The molecule has 2 aromatic rings. The van der Waals surface area contributed by atoms with E-state index in [-0.39, 0.29) is 0 Å². The highest BCUT2D eigenvalue weighted by molar-refractivity contribution is 7.99. The van der Waals surface area contributed by atoms with E-state index in [1.165, 1.54) is 11.8 Å². The summed E-state index contributed by atoms with van der Waals surface area (Å²) < 4.78 is 1.89. The van der Waals surface area contributed by atoms with E-state index in [2.05, 4.69) is 10.2 Å². The molecule has 0 fully saturated rings. The monoisotopic (exact) mass is 264 g/mol. The van der Waals surface area contributed by atoms with E-state index < -0.39 is 0 Å². The van der Waals surface area contributed by atoms with E-state index in [1.54, 1.807) is 12.1 Å². The topological polar surface area (TPSA) is 54.5 Å². The van der Waals surface area contributed by atoms with Crippen LogP contribution >= 0.6 is 23.4 Å². The Morgan fingerprint density at radius 2 is 2.18 bits per heavy atom. The Morgan fingerprint density at radius 1 is 1.41 bits per heavy atom. The van der Waals surface area contributed by atoms with Gasteiger partial charge in [0.25, 0.3) is 0 Å². The Kier molecular flexibility index (Phi) is 3.36. The van der Waals surface area contributed by atoms with Gasteiger partial charge in [-0.15, -0.1) is 10.2 Å². The molecule has 0 radical (unpaired) electrons. The molecule has 6 heteroatoms. The Bertz CT molecular complexity index is 600. The Balaban J connectivity index is 2.31. The highest BCUT2D eigenvalue weighted by Crippen LogP contribution is 2.32. The summed E-state index contributed by atoms with van der Waals surface area (Å²) in [7, 11) is 1.90. The average molecular weight is 265 g/mol. The predicted molar refractivity (Wildman–Crippen MR) is 66.0 cm³/mol. The van der Waals surface area contributed by atoms with Crippen molar-refractivity contribution in [2.45, 2.75) is 17.0 Å². The largest absolute Gasteiger partial charge is 0.309 e. The molecular weight excluding hydrogens is 256 g/mol. The fourth-order valence-electron chi connectivity index (χ4n) is 1.23. The van der Waals surface area contributed by atoms with Gasteiger partial charge in [-0.3, -0.25) is 0 Å². The maximum absolute atomic E-state index is 8.75. The van der Waals surface area contributed by atoms with Crippen LogP contribution in [0, 0.1) is 18.3 Å². The SMILES string of the molecule is Cc1nnc(Sc2ccc(C#N)cc2Cl)n1C. The maximum Gasteiger partial charge on any atom is 0.195 e. The molecule has 1 aromatic heterocycles. The van der Waals surface area contributed by atoms with E-state index in [0.717, 1.165) is 15.9 Å². The van der Waals surface area contributed by atoms with Crippen molar-refractivity contribution < 1.29 is 0 Å². The van der Waals surface area contributed by atoms with Gasteiger partial charge in [0, 0.05) is 11.9 Å². The Morgan fingerprint density at radius 3 is 2.71 bits per heavy atom. The molecule has 17 heavy (non-hydrogen) atoms. The molecule has 0 aliphatic carbocycles. The van der Waals surface area contributed by atoms with Gasteiger partial charge in [0.15, 0.2) is 5.16 Å². The van der Waals surface area contributed by atoms with E-state index in [1.807, 2.05) is 30.7 Å². The first-order chi connectivity index (χ1) is 8.11. The molecule has 1 aromatic carbocycles. The van der Waals surface area contributed by atoms with Crippen LogP contribution in [0.4, 0.5) is 0 Å². The second-order valence-corrected chi connectivity index (χ2v) is 4.86. The van der Waals surface area contributed by atoms with Crippen LogP contribution < -0.4 is 0 Å². The van der Waals surface area contributed by atoms with Gasteiger partial charge < -0.3 is 4.57 Å². The molecule has 0 saturated carbocycles. The molecule has 2 rings (SSSR count). The summed E-state index contributed by atoms with van der Waals surface area (Å²) in [4.78, 5) is 0.862. The molecule has 0 N–H and O–H groups in total. The van der Waals surface area contributed by atoms with Gasteiger partial charge in [-0.05, 0) is 36.9 Å². The minimum atomic E-state index is 0.550. The van der Waals surface area contributed by atoms with E-state index in [9.17, 15) is 0 Å². The first kappa shape index (κ1) is 12.0. The molecule has 86 valence electrons. The fraction of sp³-hybridized carbons (Fsp3) is 0.182. The number of hydrogen-bond acceptors (Lipinski definition) is 4. The lowest BCUT2D eigenvalue weighted by Crippen LogP contribution is -1.93. The number of aromatic nitrogens is 3. The van der Waals surface area contributed by atoms with Crippen LogP contribution in [0.15, 0.2) is 28.3 Å². The van der Waals surface area contributed by atoms with Crippen LogP contribution in [0.5, 0.6) is 0 Å². The standard InChI is InChI=1S/C11H9ClN4S/c1-7-14-15-11(16(7)2)17-10-4-3-8(6-13)5-9(10)12/h3-5H,1-2H3. The first-order valence-corrected chi connectivity index (χ1v) is 6.04. The first-order valence-electron chi connectivity index (χ1n) is 4.85. The van der Waals surface area contributed by atoms with Crippen LogP contribution in [0.25, 0.3) is 0 Å². The summed E-state index contributed by atoms with van der Waals surface area (Å²) in [6.45, 7) is 1.89. The van der Waals surface area contributed by atoms with E-state index in [4.69, 9.17) is 16.9 Å². The predicted octanol–water partition coefficient (Wildman–Crippen LogP) is 2.80. The summed E-state index contributed by atoms with van der Waals surface area (Å²) in [5.74, 6) is 0.845. The van der Waals surface area contributed by atoms with Crippen LogP contribution in [-0.2, 0) is 7.05 Å². The van der Waals surface area contributed by atoms with Crippen molar-refractivity contribution in [3.05, 3.63) is 34.6 Å². The second kappa shape index (κ2) is 4.78. The van der Waals surface area contributed by atoms with Crippen molar-refractivity contribution in [1.82, 2.24) is 14.8 Å². The van der Waals surface area contributed by atoms with Crippen molar-refractivity contribution in [2.75, 3.05) is 0 Å². The zero-order valence-electron chi connectivity index (χ0n) is 9.31. The average Bonchev–Trinajstić information content (AvgIpc) is 2.63. The number of hydrogen-bond donors (Lipinski definition) is 0. The number of aryl methyl sites for hydroxylation is 1. The normalized spacial score (nSPS) is 10.2. The molecule has 0 atom stereocenters. The number of nitrogens with zero attached hydrogens (tertiary/aromatic N) is 4. The third kappa shape index (κ3) is 2.43. The van der Waals surface area contributed by atoms with Gasteiger partial charge in [0.05, 0.1) is 16.7 Å². The quantitative estimate of drug-likeness (QED) is 0.837. The molecule has 0 aliphatic rings. The number of rotatable bonds is 2. The summed E-state index contributed by atoms with van der Waals surface area (Å²) in [6.07, 6.45) is 0. The highest BCUT2D eigenvalue weighted by atomic mass is 35.5. The molecule has 1 heterocycles. The van der Waals surface area contributed by atoms with Crippen molar-refractivity contribution in [1.29, 1.82) is 5.26 Å². The van der Waals surface area contributed by atoms with Crippen LogP contribution in [0.1, 0.15) is 11.4 Å². The van der Waals surface area contributed by atoms with Crippen LogP contribution in [0.2, 0.25) is 5.02 Å². The van der Waals surface area contributed by atoms with Gasteiger partial charge in [0.1, 0.15) is 5.82 Å². The zero-order valence-corrected chi connectivity index (χ0v) is 10.9. The van der Waals surface area contributed by atoms with E-state index in [0.29, 0.717) is 10.6 Å². The molecule has 0 aliphatic heterocycles. The lowest BCUT2D eigenvalue weighted by Gasteiger charge is -2.03. The summed E-state index contributed by atoms with van der Waals surface area (Å²) in [6, 6.07) is 7.24. The molecule has 4 nitrogen and oxygen atoms in total. The van der Waals surface area contributed by atoms with Gasteiger partial charge in [-0.1, -0.05) is 11.6 Å². The smallest absolute Gasteiger partial charge is 0.195 e. The lowest BCUT2D eigenvalue weighted by molar-refractivity contribution is 0.765. The maximum atomic E-state index is 8.75. The minimum Gasteiger partial charge on any atom is -0.309 e. The van der Waals surface area contributed by atoms with Gasteiger partial charge in [0.2, 0.25) is 0 Å². The minimum absolute atomic E-state index is 0.550. The van der Waals surface area contributed by atoms with Crippen LogP contribution in [0.3, 0.4) is 0 Å². The summed E-state index contributed by atoms with van der Waals surface area (Å²) in [5, 5.41) is 18.1. The summed E-state index contributed by atoms with van der Waals surface area (Å²) in [5.41, 5.74) is 0.550. The lowest BCUT2D eigenvalue weighted by atomic mass is 10.2. The van der Waals surface area contributed by atoms with Crippen molar-refractivity contribution in [3.8, 4) is 6.07 Å². The Hall–Kier alpha value is -1.51. The molecular formula is C11H9ClN4S. The van der Waals surface area contributed by atoms with Crippen molar-refractivity contribution in [2.24, 2.45) is 7.05 Å². The molecule has 0 unspecified atom stereocenters. The van der Waals surface area contributed by atoms with Crippen molar-refractivity contribution >= 4 is 23.4 Å². The van der Waals surface area contributed by atoms with Gasteiger partial charge in [-0.25, -0.2) is 0 Å². The zero-order chi connectivity index (χ0) is 12.4. The highest BCUT2D eigenvalue weighted by Gasteiger charge is 2.09. The summed E-state index contributed by atoms with van der Waals surface area (Å²) >= 11 is 7.52. The Labute approximate surface area is 108 Å². The molecule has 0 saturated heterocycles. The van der Waals surface area contributed by atoms with Gasteiger partial charge >= 0.3 is 0 Å².